The second kappa shape index (κ2) is 6.52. The third kappa shape index (κ3) is 4.77. The fourth-order valence-corrected chi connectivity index (χ4v) is 3.01. The zero-order valence-corrected chi connectivity index (χ0v) is 12.9. The molecular formula is C12H19BrN2OS. The van der Waals surface area contributed by atoms with Crippen LogP contribution in [0.15, 0.2) is 15.9 Å². The van der Waals surface area contributed by atoms with Gasteiger partial charge in [0.15, 0.2) is 0 Å². The van der Waals surface area contributed by atoms with E-state index in [1.807, 2.05) is 26.8 Å². The molecule has 96 valence electrons. The highest BCUT2D eigenvalue weighted by molar-refractivity contribution is 9.11. The number of hydrogen-bond donors (Lipinski definition) is 2. The molecule has 0 aliphatic carbocycles. The van der Waals surface area contributed by atoms with Gasteiger partial charge in [-0.1, -0.05) is 6.92 Å². The number of hydrogen-bond acceptors (Lipinski definition) is 3. The van der Waals surface area contributed by atoms with E-state index in [1.54, 1.807) is 11.3 Å². The van der Waals surface area contributed by atoms with Crippen LogP contribution < -0.4 is 10.6 Å². The van der Waals surface area contributed by atoms with Crippen LogP contribution in [0.1, 0.15) is 25.6 Å². The summed E-state index contributed by atoms with van der Waals surface area (Å²) in [5.41, 5.74) is -0.495. The van der Waals surface area contributed by atoms with Crippen molar-refractivity contribution in [3.05, 3.63) is 20.8 Å². The maximum absolute atomic E-state index is 11.9. The number of carbonyl (C=O) groups excluding carboxylic acids is 1. The Labute approximate surface area is 115 Å². The lowest BCUT2D eigenvalue weighted by Gasteiger charge is -2.24. The summed E-state index contributed by atoms with van der Waals surface area (Å²) in [4.78, 5) is 13.1. The van der Waals surface area contributed by atoms with Crippen LogP contribution in [0.2, 0.25) is 0 Å². The number of nitrogens with one attached hydrogen (secondary N) is 2. The zero-order chi connectivity index (χ0) is 12.9. The van der Waals surface area contributed by atoms with Gasteiger partial charge in [0.1, 0.15) is 0 Å². The number of likely N-dealkylation sites (N-methyl/N-ethyl adjacent to an activating group) is 1. The van der Waals surface area contributed by atoms with Crippen molar-refractivity contribution in [2.24, 2.45) is 0 Å². The summed E-state index contributed by atoms with van der Waals surface area (Å²) in [7, 11) is 0. The summed E-state index contributed by atoms with van der Waals surface area (Å²) in [5, 5.41) is 6.11. The van der Waals surface area contributed by atoms with Gasteiger partial charge >= 0.3 is 0 Å². The highest BCUT2D eigenvalue weighted by atomic mass is 79.9. The van der Waals surface area contributed by atoms with E-state index >= 15 is 0 Å². The van der Waals surface area contributed by atoms with Crippen molar-refractivity contribution in [3.8, 4) is 0 Å². The van der Waals surface area contributed by atoms with Crippen LogP contribution in [0, 0.1) is 0 Å². The average molecular weight is 319 g/mol. The molecule has 0 aliphatic rings. The van der Waals surface area contributed by atoms with Gasteiger partial charge in [0, 0.05) is 11.4 Å². The highest BCUT2D eigenvalue weighted by Crippen LogP contribution is 2.22. The van der Waals surface area contributed by atoms with Crippen molar-refractivity contribution >= 4 is 33.2 Å². The molecule has 0 unspecified atom stereocenters. The minimum absolute atomic E-state index is 0.0509. The molecule has 1 aromatic rings. The minimum Gasteiger partial charge on any atom is -0.354 e. The quantitative estimate of drug-likeness (QED) is 0.846. The summed E-state index contributed by atoms with van der Waals surface area (Å²) < 4.78 is 1.13. The van der Waals surface area contributed by atoms with Crippen molar-refractivity contribution in [1.82, 2.24) is 10.6 Å². The molecule has 2 N–H and O–H groups in total. The van der Waals surface area contributed by atoms with Gasteiger partial charge in [0.05, 0.1) is 9.33 Å². The van der Waals surface area contributed by atoms with Gasteiger partial charge in [-0.3, -0.25) is 4.79 Å². The first-order valence-electron chi connectivity index (χ1n) is 5.73. The monoisotopic (exact) mass is 318 g/mol. The summed E-state index contributed by atoms with van der Waals surface area (Å²) in [6.07, 6.45) is 0.879. The second-order valence-corrected chi connectivity index (χ2v) is 6.91. The number of halogens is 1. The highest BCUT2D eigenvalue weighted by Gasteiger charge is 2.25. The van der Waals surface area contributed by atoms with Gasteiger partial charge in [-0.05, 0) is 54.9 Å². The van der Waals surface area contributed by atoms with Crippen molar-refractivity contribution < 1.29 is 4.79 Å². The molecule has 0 atom stereocenters. The normalized spacial score (nSPS) is 11.5. The fraction of sp³-hybridized carbons (Fsp3) is 0.583. The molecule has 0 radical (unpaired) electrons. The second-order valence-electron chi connectivity index (χ2n) is 4.37. The smallest absolute Gasteiger partial charge is 0.239 e. The first-order valence-corrected chi connectivity index (χ1v) is 7.34. The van der Waals surface area contributed by atoms with Crippen molar-refractivity contribution in [1.29, 1.82) is 0 Å². The Balaban J connectivity index is 2.33. The molecule has 1 rings (SSSR count). The molecule has 0 fully saturated rings. The molecule has 0 spiro atoms. The molecule has 3 nitrogen and oxygen atoms in total. The third-order valence-electron chi connectivity index (χ3n) is 2.47. The Hall–Kier alpha value is -0.390. The van der Waals surface area contributed by atoms with Gasteiger partial charge < -0.3 is 10.6 Å². The molecule has 1 aromatic heterocycles. The largest absolute Gasteiger partial charge is 0.354 e. The number of thiophene rings is 1. The lowest BCUT2D eigenvalue weighted by atomic mass is 10.0. The Morgan fingerprint density at radius 2 is 2.18 bits per heavy atom. The first kappa shape index (κ1) is 14.7. The lowest BCUT2D eigenvalue weighted by molar-refractivity contribution is -0.126. The topological polar surface area (TPSA) is 41.1 Å². The molecule has 0 bridgehead atoms. The Bertz CT molecular complexity index is 376. The van der Waals surface area contributed by atoms with Crippen LogP contribution in [0.4, 0.5) is 0 Å². The van der Waals surface area contributed by atoms with Gasteiger partial charge in [-0.15, -0.1) is 11.3 Å². The van der Waals surface area contributed by atoms with Gasteiger partial charge in [0.2, 0.25) is 5.91 Å². The van der Waals surface area contributed by atoms with Gasteiger partial charge in [-0.25, -0.2) is 0 Å². The number of rotatable bonds is 6. The Kier molecular flexibility index (Phi) is 5.62. The molecule has 0 aliphatic heterocycles. The molecule has 1 amide bonds. The van der Waals surface area contributed by atoms with Crippen molar-refractivity contribution in [2.75, 3.05) is 13.1 Å². The number of amides is 1. The Morgan fingerprint density at radius 3 is 2.71 bits per heavy atom. The SMILES string of the molecule is CCNC(C)(C)C(=O)NCCc1ccc(Br)s1. The van der Waals surface area contributed by atoms with E-state index in [1.165, 1.54) is 4.88 Å². The van der Waals surface area contributed by atoms with E-state index in [0.717, 1.165) is 16.8 Å². The molecule has 5 heteroatoms. The van der Waals surface area contributed by atoms with E-state index in [9.17, 15) is 4.79 Å². The lowest BCUT2D eigenvalue weighted by Crippen LogP contribution is -2.52. The van der Waals surface area contributed by atoms with Crippen LogP contribution in [0.25, 0.3) is 0 Å². The maximum Gasteiger partial charge on any atom is 0.239 e. The fourth-order valence-electron chi connectivity index (χ4n) is 1.53. The molecule has 17 heavy (non-hydrogen) atoms. The van der Waals surface area contributed by atoms with E-state index in [-0.39, 0.29) is 5.91 Å². The zero-order valence-electron chi connectivity index (χ0n) is 10.5. The van der Waals surface area contributed by atoms with Crippen LogP contribution in [0.5, 0.6) is 0 Å². The molecule has 0 saturated carbocycles. The third-order valence-corrected chi connectivity index (χ3v) is 4.16. The van der Waals surface area contributed by atoms with Crippen LogP contribution >= 0.6 is 27.3 Å². The van der Waals surface area contributed by atoms with E-state index < -0.39 is 5.54 Å². The van der Waals surface area contributed by atoms with Crippen molar-refractivity contribution in [2.45, 2.75) is 32.7 Å². The average Bonchev–Trinajstić information content (AvgIpc) is 2.64. The summed E-state index contributed by atoms with van der Waals surface area (Å²) in [5.74, 6) is 0.0509. The van der Waals surface area contributed by atoms with Crippen LogP contribution in [-0.4, -0.2) is 24.5 Å². The minimum atomic E-state index is -0.495. The van der Waals surface area contributed by atoms with Gasteiger partial charge in [0.25, 0.3) is 0 Å². The van der Waals surface area contributed by atoms with Crippen molar-refractivity contribution in [3.63, 3.8) is 0 Å². The maximum atomic E-state index is 11.9. The van der Waals surface area contributed by atoms with E-state index in [0.29, 0.717) is 6.54 Å². The summed E-state index contributed by atoms with van der Waals surface area (Å²) >= 11 is 5.13. The van der Waals surface area contributed by atoms with Crippen LogP contribution in [-0.2, 0) is 11.2 Å². The molecule has 0 saturated heterocycles. The standard InChI is InChI=1S/C12H19BrN2OS/c1-4-15-12(2,3)11(16)14-8-7-9-5-6-10(13)17-9/h5-6,15H,4,7-8H2,1-3H3,(H,14,16). The predicted molar refractivity (Wildman–Crippen MR) is 76.5 cm³/mol. The molecule has 0 aromatic carbocycles. The number of carbonyl (C=O) groups is 1. The van der Waals surface area contributed by atoms with Crippen LogP contribution in [0.3, 0.4) is 0 Å². The van der Waals surface area contributed by atoms with Gasteiger partial charge in [-0.2, -0.15) is 0 Å². The Morgan fingerprint density at radius 1 is 1.47 bits per heavy atom. The first-order chi connectivity index (χ1) is 7.95. The molecular weight excluding hydrogens is 300 g/mol. The summed E-state index contributed by atoms with van der Waals surface area (Å²) in [6, 6.07) is 4.11. The molecule has 1 heterocycles. The van der Waals surface area contributed by atoms with E-state index in [4.69, 9.17) is 0 Å². The predicted octanol–water partition coefficient (Wildman–Crippen LogP) is 2.56. The summed E-state index contributed by atoms with van der Waals surface area (Å²) in [6.45, 7) is 7.26. The van der Waals surface area contributed by atoms with E-state index in [2.05, 4.69) is 32.6 Å².